The lowest BCUT2D eigenvalue weighted by Gasteiger charge is -2.28. The van der Waals surface area contributed by atoms with Gasteiger partial charge in [-0.3, -0.25) is 24.0 Å². The Morgan fingerprint density at radius 3 is 1.38 bits per heavy atom. The molecule has 0 heterocycles. The van der Waals surface area contributed by atoms with Crippen molar-refractivity contribution in [3.63, 3.8) is 0 Å². The van der Waals surface area contributed by atoms with Crippen molar-refractivity contribution in [3.8, 4) is 17.2 Å². The fourth-order valence-corrected chi connectivity index (χ4v) is 6.12. The highest BCUT2D eigenvalue weighted by Crippen LogP contribution is 2.16. The largest absolute Gasteiger partial charge is 0.508 e. The van der Waals surface area contributed by atoms with Crippen molar-refractivity contribution in [1.29, 1.82) is 0 Å². The van der Waals surface area contributed by atoms with Crippen molar-refractivity contribution in [2.45, 2.75) is 95.0 Å². The van der Waals surface area contributed by atoms with Crippen LogP contribution in [-0.4, -0.2) is 110 Å². The Hall–Kier alpha value is -6.24. The number of carboxylic acids is 1. The number of amides is 5. The molecule has 18 heteroatoms. The molecule has 5 amide bonds. The van der Waals surface area contributed by atoms with Gasteiger partial charge in [-0.1, -0.05) is 56.7 Å². The second kappa shape index (κ2) is 24.0. The van der Waals surface area contributed by atoms with E-state index in [1.807, 2.05) is 0 Å². The number of carbonyl (C=O) groups is 6. The van der Waals surface area contributed by atoms with Crippen LogP contribution in [0.3, 0.4) is 0 Å². The second-order valence-electron chi connectivity index (χ2n) is 14.6. The van der Waals surface area contributed by atoms with Crippen molar-refractivity contribution in [2.75, 3.05) is 13.2 Å². The number of aliphatic hydroxyl groups is 1. The zero-order valence-corrected chi connectivity index (χ0v) is 33.7. The Bertz CT molecular complexity index is 1880. The van der Waals surface area contributed by atoms with Gasteiger partial charge in [-0.05, 0) is 91.2 Å². The normalized spacial score (nSPS) is 14.6. The van der Waals surface area contributed by atoms with Gasteiger partial charge in [-0.15, -0.1) is 0 Å². The Kier molecular flexibility index (Phi) is 19.2. The maximum atomic E-state index is 14.1. The van der Waals surface area contributed by atoms with Gasteiger partial charge in [0.1, 0.15) is 47.5 Å². The minimum absolute atomic E-state index is 0.0258. The predicted molar refractivity (Wildman–Crippen MR) is 220 cm³/mol. The molecule has 0 radical (unpaired) electrons. The topological polar surface area (TPSA) is 316 Å². The van der Waals surface area contributed by atoms with E-state index >= 15 is 0 Å². The summed E-state index contributed by atoms with van der Waals surface area (Å²) in [5, 5.41) is 62.0. The zero-order valence-electron chi connectivity index (χ0n) is 33.7. The Morgan fingerprint density at radius 1 is 0.567 bits per heavy atom. The molecule has 0 aliphatic carbocycles. The summed E-state index contributed by atoms with van der Waals surface area (Å²) in [6, 6.07) is 9.67. The molecule has 14 N–H and O–H groups in total. The summed E-state index contributed by atoms with van der Waals surface area (Å²) in [4.78, 5) is 80.3. The van der Waals surface area contributed by atoms with E-state index < -0.39 is 84.3 Å². The highest BCUT2D eigenvalue weighted by atomic mass is 16.4. The summed E-state index contributed by atoms with van der Waals surface area (Å²) in [5.74, 6) is -6.04. The fraction of sp³-hybridized carbons (Fsp3) is 0.429. The molecule has 0 aliphatic heterocycles. The van der Waals surface area contributed by atoms with Crippen LogP contribution in [0.25, 0.3) is 0 Å². The molecule has 7 atom stereocenters. The minimum Gasteiger partial charge on any atom is -0.508 e. The summed E-state index contributed by atoms with van der Waals surface area (Å²) >= 11 is 0. The van der Waals surface area contributed by atoms with Gasteiger partial charge in [0.25, 0.3) is 0 Å². The van der Waals surface area contributed by atoms with Crippen molar-refractivity contribution >= 4 is 35.5 Å². The molecule has 326 valence electrons. The first-order valence-electron chi connectivity index (χ1n) is 19.7. The molecule has 0 saturated heterocycles. The van der Waals surface area contributed by atoms with E-state index in [1.165, 1.54) is 48.5 Å². The van der Waals surface area contributed by atoms with Gasteiger partial charge >= 0.3 is 5.97 Å². The molecule has 0 bridgehead atoms. The number of carbonyl (C=O) groups excluding carboxylic acids is 5. The molecule has 60 heavy (non-hydrogen) atoms. The van der Waals surface area contributed by atoms with Crippen LogP contribution in [0.15, 0.2) is 72.8 Å². The maximum Gasteiger partial charge on any atom is 0.326 e. The van der Waals surface area contributed by atoms with E-state index in [-0.39, 0.29) is 42.9 Å². The fourth-order valence-electron chi connectivity index (χ4n) is 6.12. The summed E-state index contributed by atoms with van der Waals surface area (Å²) < 4.78 is 0. The van der Waals surface area contributed by atoms with Gasteiger partial charge in [0, 0.05) is 12.8 Å². The third-order valence-corrected chi connectivity index (χ3v) is 9.92. The number of benzene rings is 3. The number of phenols is 3. The average Bonchev–Trinajstić information content (AvgIpc) is 3.22. The monoisotopic (exact) mass is 835 g/mol. The molecule has 3 aromatic rings. The number of nitrogens with two attached hydrogens (primary N) is 2. The molecule has 0 saturated carbocycles. The number of carboxylic acid groups (broad SMARTS) is 1. The van der Waals surface area contributed by atoms with Crippen LogP contribution >= 0.6 is 0 Å². The van der Waals surface area contributed by atoms with Crippen LogP contribution in [0.1, 0.15) is 56.2 Å². The average molecular weight is 836 g/mol. The highest BCUT2D eigenvalue weighted by Gasteiger charge is 2.34. The van der Waals surface area contributed by atoms with E-state index in [1.54, 1.807) is 38.1 Å². The van der Waals surface area contributed by atoms with Crippen LogP contribution in [0.2, 0.25) is 0 Å². The Labute approximate surface area is 348 Å². The molecule has 3 rings (SSSR count). The van der Waals surface area contributed by atoms with Gasteiger partial charge in [0.05, 0.1) is 12.6 Å². The number of aromatic hydroxyl groups is 3. The van der Waals surface area contributed by atoms with Gasteiger partial charge in [-0.25, -0.2) is 4.79 Å². The number of rotatable bonds is 24. The molecule has 18 nitrogen and oxygen atoms in total. The van der Waals surface area contributed by atoms with Crippen LogP contribution in [-0.2, 0) is 48.0 Å². The van der Waals surface area contributed by atoms with E-state index in [0.717, 1.165) is 0 Å². The van der Waals surface area contributed by atoms with Crippen LogP contribution in [0.5, 0.6) is 17.2 Å². The molecule has 0 fully saturated rings. The lowest BCUT2D eigenvalue weighted by molar-refractivity contribution is -0.143. The molecular weight excluding hydrogens is 778 g/mol. The standard InChI is InChI=1S/C42H57N7O11/c1-3-24(2)36(41(58)45-32(42(59)60)6-4-5-19-43)49-40(57)35(23-50)48-39(56)34(22-27-11-17-30(53)18-12-27)47-38(55)33(21-26-9-15-29(52)16-10-26)46-37(54)31(44)20-25-7-13-28(51)14-8-25/h7-18,24,31-36,50-53H,3-6,19-23,43-44H2,1-2H3,(H,45,58)(H,46,54)(H,47,55)(H,48,56)(H,49,57)(H,59,60). The number of aliphatic hydroxyl groups excluding tert-OH is 1. The van der Waals surface area contributed by atoms with Gasteiger partial charge < -0.3 is 63.6 Å². The van der Waals surface area contributed by atoms with Crippen molar-refractivity contribution in [3.05, 3.63) is 89.5 Å². The van der Waals surface area contributed by atoms with E-state index in [4.69, 9.17) is 11.5 Å². The third kappa shape index (κ3) is 15.5. The molecule has 3 aromatic carbocycles. The smallest absolute Gasteiger partial charge is 0.326 e. The van der Waals surface area contributed by atoms with E-state index in [2.05, 4.69) is 26.6 Å². The van der Waals surface area contributed by atoms with Crippen molar-refractivity contribution < 1.29 is 54.3 Å². The van der Waals surface area contributed by atoms with Gasteiger partial charge in [0.15, 0.2) is 0 Å². The molecule has 7 unspecified atom stereocenters. The maximum absolute atomic E-state index is 14.1. The quantitative estimate of drug-likeness (QED) is 0.0523. The first-order chi connectivity index (χ1) is 28.5. The molecular formula is C42H57N7O11. The van der Waals surface area contributed by atoms with Crippen LogP contribution < -0.4 is 38.1 Å². The SMILES string of the molecule is CCC(C)C(NC(=O)C(CO)NC(=O)C(Cc1ccc(O)cc1)NC(=O)C(Cc1ccc(O)cc1)NC(=O)C(N)Cc1ccc(O)cc1)C(=O)NC(CCCCN)C(=O)O. The van der Waals surface area contributed by atoms with Crippen LogP contribution in [0.4, 0.5) is 0 Å². The minimum atomic E-state index is -1.64. The predicted octanol–water partition coefficient (Wildman–Crippen LogP) is -0.165. The first kappa shape index (κ1) is 48.1. The number of hydrogen-bond donors (Lipinski definition) is 12. The second-order valence-corrected chi connectivity index (χ2v) is 14.6. The number of unbranched alkanes of at least 4 members (excludes halogenated alkanes) is 1. The number of nitrogens with one attached hydrogen (secondary N) is 5. The summed E-state index contributed by atoms with van der Waals surface area (Å²) in [7, 11) is 0. The summed E-state index contributed by atoms with van der Waals surface area (Å²) in [5.41, 5.74) is 13.4. The third-order valence-electron chi connectivity index (χ3n) is 9.92. The van der Waals surface area contributed by atoms with Crippen molar-refractivity contribution in [1.82, 2.24) is 26.6 Å². The number of hydrogen-bond acceptors (Lipinski definition) is 12. The highest BCUT2D eigenvalue weighted by molar-refractivity contribution is 5.96. The van der Waals surface area contributed by atoms with Gasteiger partial charge in [0.2, 0.25) is 29.5 Å². The Balaban J connectivity index is 1.86. The zero-order chi connectivity index (χ0) is 44.4. The number of aliphatic carboxylic acids is 1. The summed E-state index contributed by atoms with van der Waals surface area (Å²) in [6.45, 7) is 2.84. The lowest BCUT2D eigenvalue weighted by Crippen LogP contribution is -2.61. The first-order valence-corrected chi connectivity index (χ1v) is 19.7. The number of phenolic OH excluding ortho intramolecular Hbond substituents is 3. The lowest BCUT2D eigenvalue weighted by atomic mass is 9.97. The van der Waals surface area contributed by atoms with Gasteiger partial charge in [-0.2, -0.15) is 0 Å². The Morgan fingerprint density at radius 2 is 0.967 bits per heavy atom. The van der Waals surface area contributed by atoms with Crippen LogP contribution in [0, 0.1) is 5.92 Å². The van der Waals surface area contributed by atoms with E-state index in [0.29, 0.717) is 42.5 Å². The molecule has 0 spiro atoms. The molecule has 0 aliphatic rings. The summed E-state index contributed by atoms with van der Waals surface area (Å²) in [6.07, 6.45) is 1.25. The molecule has 0 aromatic heterocycles. The van der Waals surface area contributed by atoms with E-state index in [9.17, 15) is 54.3 Å². The van der Waals surface area contributed by atoms with Crippen molar-refractivity contribution in [2.24, 2.45) is 17.4 Å².